The van der Waals surface area contributed by atoms with Gasteiger partial charge in [0.25, 0.3) is 0 Å². The Morgan fingerprint density at radius 2 is 0.818 bits per heavy atom. The lowest BCUT2D eigenvalue weighted by atomic mass is 9.92. The molecule has 2 heterocycles. The molecule has 0 atom stereocenters. The maximum atomic E-state index is 5.25. The van der Waals surface area contributed by atoms with Crippen molar-refractivity contribution in [1.29, 1.82) is 0 Å². The van der Waals surface area contributed by atoms with Gasteiger partial charge in [-0.2, -0.15) is 0 Å². The summed E-state index contributed by atoms with van der Waals surface area (Å²) in [6.45, 7) is 0. The van der Waals surface area contributed by atoms with Gasteiger partial charge in [-0.05, 0) is 59.4 Å². The molecule has 4 nitrogen and oxygen atoms in total. The second-order valence-corrected chi connectivity index (χ2v) is 13.9. The molecule has 2 aromatic heterocycles. The Balaban J connectivity index is 1.25. The van der Waals surface area contributed by atoms with E-state index in [0.29, 0.717) is 17.5 Å². The Morgan fingerprint density at radius 1 is 0.382 bits per heavy atom. The predicted octanol–water partition coefficient (Wildman–Crippen LogP) is 13.0. The average Bonchev–Trinajstić information content (AvgIpc) is 3.61. The van der Waals surface area contributed by atoms with Crippen molar-refractivity contribution in [3.63, 3.8) is 0 Å². The fraction of sp³-hybridized carbons (Fsp3) is 0.0392. The predicted molar refractivity (Wildman–Crippen MR) is 228 cm³/mol. The molecule has 1 aliphatic rings. The molecular weight excluding hydrogens is 669 g/mol. The fourth-order valence-corrected chi connectivity index (χ4v) is 7.83. The first-order chi connectivity index (χ1) is 27.3. The van der Waals surface area contributed by atoms with Gasteiger partial charge in [0.1, 0.15) is 0 Å². The molecule has 0 saturated heterocycles. The van der Waals surface area contributed by atoms with Crippen molar-refractivity contribution in [1.82, 2.24) is 19.5 Å². The van der Waals surface area contributed by atoms with Gasteiger partial charge in [-0.1, -0.05) is 170 Å². The zero-order chi connectivity index (χ0) is 36.6. The molecule has 0 N–H and O–H groups in total. The summed E-state index contributed by atoms with van der Waals surface area (Å²) in [5, 5.41) is 2.44. The van der Waals surface area contributed by atoms with Crippen LogP contribution >= 0.6 is 0 Å². The highest BCUT2D eigenvalue weighted by Gasteiger charge is 2.23. The van der Waals surface area contributed by atoms with Crippen LogP contribution < -0.4 is 0 Å². The largest absolute Gasteiger partial charge is 0.308 e. The van der Waals surface area contributed by atoms with E-state index in [9.17, 15) is 0 Å². The summed E-state index contributed by atoms with van der Waals surface area (Å²) in [5.41, 5.74) is 13.1. The Bertz CT molecular complexity index is 2770. The molecule has 0 unspecified atom stereocenters. The number of fused-ring (bicyclic) bond motifs is 3. The van der Waals surface area contributed by atoms with Crippen LogP contribution in [-0.4, -0.2) is 19.5 Å². The molecule has 0 radical (unpaired) electrons. The van der Waals surface area contributed by atoms with E-state index in [0.717, 1.165) is 68.5 Å². The molecule has 0 bridgehead atoms. The van der Waals surface area contributed by atoms with Gasteiger partial charge in [-0.25, -0.2) is 15.0 Å². The molecule has 1 aliphatic carbocycles. The van der Waals surface area contributed by atoms with Gasteiger partial charge in [0.05, 0.1) is 16.7 Å². The van der Waals surface area contributed by atoms with Gasteiger partial charge in [0.15, 0.2) is 17.5 Å². The van der Waals surface area contributed by atoms with E-state index in [2.05, 4.69) is 181 Å². The Kier molecular flexibility index (Phi) is 8.27. The number of allylic oxidation sites excluding steroid dienone is 4. The summed E-state index contributed by atoms with van der Waals surface area (Å²) in [4.78, 5) is 15.5. The summed E-state index contributed by atoms with van der Waals surface area (Å²) in [5.74, 6) is 1.89. The third-order valence-corrected chi connectivity index (χ3v) is 10.5. The van der Waals surface area contributed by atoms with Crippen molar-refractivity contribution in [2.24, 2.45) is 0 Å². The first-order valence-electron chi connectivity index (χ1n) is 18.9. The maximum Gasteiger partial charge on any atom is 0.164 e. The molecule has 55 heavy (non-hydrogen) atoms. The third kappa shape index (κ3) is 6.04. The van der Waals surface area contributed by atoms with Gasteiger partial charge in [-0.15, -0.1) is 0 Å². The summed E-state index contributed by atoms with van der Waals surface area (Å²) >= 11 is 0. The minimum atomic E-state index is 0.619. The molecule has 0 spiro atoms. The summed E-state index contributed by atoms with van der Waals surface area (Å²) < 4.78 is 2.44. The highest BCUT2D eigenvalue weighted by molar-refractivity contribution is 6.10. The van der Waals surface area contributed by atoms with Crippen LogP contribution in [0, 0.1) is 0 Å². The van der Waals surface area contributed by atoms with Crippen molar-refractivity contribution in [3.05, 3.63) is 200 Å². The minimum Gasteiger partial charge on any atom is -0.308 e. The number of para-hydroxylation sites is 2. The van der Waals surface area contributed by atoms with Crippen molar-refractivity contribution >= 4 is 27.4 Å². The number of hydrogen-bond donors (Lipinski definition) is 0. The van der Waals surface area contributed by atoms with Crippen molar-refractivity contribution in [2.75, 3.05) is 0 Å². The molecule has 7 aromatic carbocycles. The molecule has 4 heteroatoms. The van der Waals surface area contributed by atoms with Gasteiger partial charge in [-0.3, -0.25) is 0 Å². The Morgan fingerprint density at radius 3 is 1.33 bits per heavy atom. The second-order valence-electron chi connectivity index (χ2n) is 13.9. The zero-order valence-electron chi connectivity index (χ0n) is 30.2. The molecule has 10 rings (SSSR count). The topological polar surface area (TPSA) is 43.6 Å². The summed E-state index contributed by atoms with van der Waals surface area (Å²) in [6, 6.07) is 62.1. The van der Waals surface area contributed by atoms with Crippen LogP contribution in [0.3, 0.4) is 0 Å². The monoisotopic (exact) mass is 704 g/mol. The van der Waals surface area contributed by atoms with Crippen LogP contribution in [0.2, 0.25) is 0 Å². The quantitative estimate of drug-likeness (QED) is 0.166. The van der Waals surface area contributed by atoms with Crippen LogP contribution in [-0.2, 0) is 0 Å². The van der Waals surface area contributed by atoms with Crippen molar-refractivity contribution in [2.45, 2.75) is 12.8 Å². The number of nitrogens with zero attached hydrogens (tertiary/aromatic N) is 4. The molecule has 0 amide bonds. The van der Waals surface area contributed by atoms with Gasteiger partial charge in [0.2, 0.25) is 0 Å². The van der Waals surface area contributed by atoms with E-state index in [4.69, 9.17) is 15.0 Å². The highest BCUT2D eigenvalue weighted by atomic mass is 15.0. The van der Waals surface area contributed by atoms with E-state index in [1.165, 1.54) is 21.9 Å². The number of hydrogen-bond acceptors (Lipinski definition) is 3. The van der Waals surface area contributed by atoms with E-state index < -0.39 is 0 Å². The highest BCUT2D eigenvalue weighted by Crippen LogP contribution is 2.43. The normalized spacial score (nSPS) is 12.6. The summed E-state index contributed by atoms with van der Waals surface area (Å²) in [7, 11) is 0. The molecule has 0 saturated carbocycles. The van der Waals surface area contributed by atoms with Gasteiger partial charge >= 0.3 is 0 Å². The molecule has 0 fully saturated rings. The SMILES string of the molecule is C1=CC(c2ccc(-c3nc(-c4ccccc4)nc(-c4cc(-c5ccccc5)c(-n5c6ccccc6c6ccccc65)c(-c5ccccc5)c4)n3)cc2)=CCC1. The Hall–Kier alpha value is -7.17. The minimum absolute atomic E-state index is 0.619. The second kappa shape index (κ2) is 14.0. The standard InChI is InChI=1S/C51H36N4/c1-5-17-35(18-6-1)36-29-31-40(32-30-36)50-52-49(39-23-11-4-12-24-39)53-51(54-50)41-33-44(37-19-7-2-8-20-37)48(45(34-41)38-21-9-3-10-22-38)55-46-27-15-13-25-42(46)43-26-14-16-28-47(43)55/h2-5,7-34H,1,6H2. The third-order valence-electron chi connectivity index (χ3n) is 10.5. The maximum absolute atomic E-state index is 5.25. The van der Waals surface area contributed by atoms with E-state index in [1.807, 2.05) is 18.2 Å². The van der Waals surface area contributed by atoms with Gasteiger partial charge < -0.3 is 4.57 Å². The first kappa shape index (κ1) is 32.5. The smallest absolute Gasteiger partial charge is 0.164 e. The van der Waals surface area contributed by atoms with E-state index in [1.54, 1.807) is 0 Å². The van der Waals surface area contributed by atoms with Crippen LogP contribution in [0.4, 0.5) is 0 Å². The first-order valence-corrected chi connectivity index (χ1v) is 18.9. The lowest BCUT2D eigenvalue weighted by molar-refractivity contribution is 1.04. The molecule has 0 aliphatic heterocycles. The summed E-state index contributed by atoms with van der Waals surface area (Å²) in [6.07, 6.45) is 8.92. The van der Waals surface area contributed by atoms with E-state index in [-0.39, 0.29) is 0 Å². The molecule has 260 valence electrons. The number of aromatic nitrogens is 4. The fourth-order valence-electron chi connectivity index (χ4n) is 7.83. The number of benzene rings is 7. The average molecular weight is 705 g/mol. The molecular formula is C51H36N4. The lowest BCUT2D eigenvalue weighted by Crippen LogP contribution is -2.04. The van der Waals surface area contributed by atoms with Crippen LogP contribution in [0.15, 0.2) is 194 Å². The Labute approximate surface area is 320 Å². The van der Waals surface area contributed by atoms with Crippen LogP contribution in [0.25, 0.3) is 89.5 Å². The lowest BCUT2D eigenvalue weighted by Gasteiger charge is -2.21. The van der Waals surface area contributed by atoms with Crippen molar-refractivity contribution in [3.8, 4) is 62.1 Å². The van der Waals surface area contributed by atoms with Crippen molar-refractivity contribution < 1.29 is 0 Å². The van der Waals surface area contributed by atoms with E-state index >= 15 is 0 Å². The number of rotatable bonds is 7. The van der Waals surface area contributed by atoms with Crippen LogP contribution in [0.1, 0.15) is 18.4 Å². The van der Waals surface area contributed by atoms with Gasteiger partial charge in [0, 0.05) is 38.6 Å². The zero-order valence-corrected chi connectivity index (χ0v) is 30.2. The molecule has 9 aromatic rings. The van der Waals surface area contributed by atoms with Crippen LogP contribution in [0.5, 0.6) is 0 Å².